The number of aromatic nitrogens is 2. The highest BCUT2D eigenvalue weighted by atomic mass is 16.3. The first-order chi connectivity index (χ1) is 9.22. The van der Waals surface area contributed by atoms with Gasteiger partial charge in [0.1, 0.15) is 23.2 Å². The van der Waals surface area contributed by atoms with Crippen molar-refractivity contribution in [2.75, 3.05) is 11.9 Å². The third-order valence-electron chi connectivity index (χ3n) is 3.27. The third-order valence-corrected chi connectivity index (χ3v) is 3.27. The molecule has 100 valence electrons. The summed E-state index contributed by atoms with van der Waals surface area (Å²) in [6, 6.07) is 3.96. The normalized spacial score (nSPS) is 14.2. The maximum Gasteiger partial charge on any atom is 0.134 e. The lowest BCUT2D eigenvalue weighted by Crippen LogP contribution is -2.26. The zero-order valence-corrected chi connectivity index (χ0v) is 11.3. The molecule has 1 aliphatic rings. The number of hydrogen-bond donors (Lipinski definition) is 2. The van der Waals surface area contributed by atoms with E-state index in [4.69, 9.17) is 4.42 Å². The fraction of sp³-hybridized carbons (Fsp3) is 0.429. The molecule has 0 saturated carbocycles. The van der Waals surface area contributed by atoms with E-state index in [0.717, 1.165) is 48.4 Å². The van der Waals surface area contributed by atoms with Crippen molar-refractivity contribution in [3.63, 3.8) is 0 Å². The molecule has 0 aliphatic carbocycles. The van der Waals surface area contributed by atoms with Crippen molar-refractivity contribution in [3.8, 4) is 0 Å². The van der Waals surface area contributed by atoms with Gasteiger partial charge in [-0.3, -0.25) is 0 Å². The van der Waals surface area contributed by atoms with Crippen LogP contribution in [0.3, 0.4) is 0 Å². The Balaban J connectivity index is 1.82. The SMILES string of the molecule is Cc1nc2c(c(NCc3ccc(C)o3)n1)CNCC2. The van der Waals surface area contributed by atoms with Crippen LogP contribution < -0.4 is 10.6 Å². The average molecular weight is 258 g/mol. The number of nitrogens with one attached hydrogen (secondary N) is 2. The number of rotatable bonds is 3. The summed E-state index contributed by atoms with van der Waals surface area (Å²) in [5, 5.41) is 6.72. The van der Waals surface area contributed by atoms with E-state index in [-0.39, 0.29) is 0 Å². The third kappa shape index (κ3) is 2.61. The minimum Gasteiger partial charge on any atom is -0.465 e. The second-order valence-corrected chi connectivity index (χ2v) is 4.84. The molecule has 3 heterocycles. The van der Waals surface area contributed by atoms with Gasteiger partial charge in [0, 0.05) is 25.1 Å². The first-order valence-corrected chi connectivity index (χ1v) is 6.58. The molecule has 1 aliphatic heterocycles. The summed E-state index contributed by atoms with van der Waals surface area (Å²) in [5.41, 5.74) is 2.34. The van der Waals surface area contributed by atoms with Gasteiger partial charge in [-0.1, -0.05) is 0 Å². The van der Waals surface area contributed by atoms with Crippen molar-refractivity contribution < 1.29 is 4.42 Å². The summed E-state index contributed by atoms with van der Waals surface area (Å²) in [6.07, 6.45) is 0.966. The van der Waals surface area contributed by atoms with Gasteiger partial charge in [0.25, 0.3) is 0 Å². The standard InChI is InChI=1S/C14H18N4O/c1-9-3-4-11(19-9)7-16-14-12-8-15-6-5-13(12)17-10(2)18-14/h3-4,15H,5-8H2,1-2H3,(H,16,17,18). The van der Waals surface area contributed by atoms with Crippen LogP contribution in [0.25, 0.3) is 0 Å². The van der Waals surface area contributed by atoms with Crippen LogP contribution in [0.1, 0.15) is 28.6 Å². The average Bonchev–Trinajstić information content (AvgIpc) is 2.81. The molecule has 5 heteroatoms. The largest absolute Gasteiger partial charge is 0.465 e. The van der Waals surface area contributed by atoms with Crippen LogP contribution in [-0.4, -0.2) is 16.5 Å². The summed E-state index contributed by atoms with van der Waals surface area (Å²) in [4.78, 5) is 9.02. The van der Waals surface area contributed by atoms with Gasteiger partial charge in [-0.05, 0) is 26.0 Å². The van der Waals surface area contributed by atoms with Crippen LogP contribution in [0.15, 0.2) is 16.5 Å². The summed E-state index contributed by atoms with van der Waals surface area (Å²) in [5.74, 6) is 3.59. The van der Waals surface area contributed by atoms with E-state index in [1.807, 2.05) is 26.0 Å². The molecule has 0 atom stereocenters. The first kappa shape index (κ1) is 12.2. The van der Waals surface area contributed by atoms with Gasteiger partial charge in [0.15, 0.2) is 0 Å². The minimum atomic E-state index is 0.650. The molecule has 5 nitrogen and oxygen atoms in total. The van der Waals surface area contributed by atoms with Gasteiger partial charge >= 0.3 is 0 Å². The van der Waals surface area contributed by atoms with Crippen LogP contribution in [0, 0.1) is 13.8 Å². The molecule has 0 spiro atoms. The van der Waals surface area contributed by atoms with Crippen molar-refractivity contribution in [3.05, 3.63) is 40.7 Å². The lowest BCUT2D eigenvalue weighted by Gasteiger charge is -2.19. The molecule has 0 radical (unpaired) electrons. The molecule has 3 rings (SSSR count). The van der Waals surface area contributed by atoms with Crippen molar-refractivity contribution in [1.29, 1.82) is 0 Å². The summed E-state index contributed by atoms with van der Waals surface area (Å²) >= 11 is 0. The topological polar surface area (TPSA) is 63.0 Å². The lowest BCUT2D eigenvalue weighted by atomic mass is 10.1. The van der Waals surface area contributed by atoms with Crippen molar-refractivity contribution in [2.45, 2.75) is 33.4 Å². The number of anilines is 1. The molecule has 0 bridgehead atoms. The van der Waals surface area contributed by atoms with Crippen molar-refractivity contribution in [2.24, 2.45) is 0 Å². The Morgan fingerprint density at radius 3 is 3.00 bits per heavy atom. The lowest BCUT2D eigenvalue weighted by molar-refractivity contribution is 0.490. The van der Waals surface area contributed by atoms with Crippen LogP contribution in [0.4, 0.5) is 5.82 Å². The zero-order chi connectivity index (χ0) is 13.2. The van der Waals surface area contributed by atoms with E-state index >= 15 is 0 Å². The predicted octanol–water partition coefficient (Wildman–Crippen LogP) is 1.94. The highest BCUT2D eigenvalue weighted by Gasteiger charge is 2.16. The predicted molar refractivity (Wildman–Crippen MR) is 73.0 cm³/mol. The molecule has 0 saturated heterocycles. The monoisotopic (exact) mass is 258 g/mol. The van der Waals surface area contributed by atoms with E-state index in [2.05, 4.69) is 20.6 Å². The van der Waals surface area contributed by atoms with E-state index < -0.39 is 0 Å². The Morgan fingerprint density at radius 1 is 1.32 bits per heavy atom. The molecule has 0 aromatic carbocycles. The number of furan rings is 1. The van der Waals surface area contributed by atoms with E-state index in [1.54, 1.807) is 0 Å². The molecule has 2 aromatic rings. The molecule has 19 heavy (non-hydrogen) atoms. The summed E-state index contributed by atoms with van der Waals surface area (Å²) in [6.45, 7) is 6.35. The molecule has 0 unspecified atom stereocenters. The maximum atomic E-state index is 5.56. The summed E-state index contributed by atoms with van der Waals surface area (Å²) < 4.78 is 5.56. The zero-order valence-electron chi connectivity index (χ0n) is 11.3. The van der Waals surface area contributed by atoms with Crippen LogP contribution in [-0.2, 0) is 19.5 Å². The van der Waals surface area contributed by atoms with Crippen molar-refractivity contribution >= 4 is 5.82 Å². The van der Waals surface area contributed by atoms with Gasteiger partial charge < -0.3 is 15.1 Å². The van der Waals surface area contributed by atoms with E-state index in [1.165, 1.54) is 5.56 Å². The van der Waals surface area contributed by atoms with Gasteiger partial charge in [0.2, 0.25) is 0 Å². The first-order valence-electron chi connectivity index (χ1n) is 6.58. The number of nitrogens with zero attached hydrogens (tertiary/aromatic N) is 2. The van der Waals surface area contributed by atoms with Gasteiger partial charge in [-0.2, -0.15) is 0 Å². The molecule has 2 N–H and O–H groups in total. The number of fused-ring (bicyclic) bond motifs is 1. The smallest absolute Gasteiger partial charge is 0.134 e. The second-order valence-electron chi connectivity index (χ2n) is 4.84. The van der Waals surface area contributed by atoms with Gasteiger partial charge in [-0.25, -0.2) is 9.97 Å². The van der Waals surface area contributed by atoms with Gasteiger partial charge in [-0.15, -0.1) is 0 Å². The highest BCUT2D eigenvalue weighted by molar-refractivity contribution is 5.47. The Kier molecular flexibility index (Phi) is 3.21. The fourth-order valence-corrected chi connectivity index (χ4v) is 2.36. The Labute approximate surface area is 112 Å². The molecular formula is C14H18N4O. The number of hydrogen-bond acceptors (Lipinski definition) is 5. The fourth-order valence-electron chi connectivity index (χ4n) is 2.36. The minimum absolute atomic E-state index is 0.650. The molecular weight excluding hydrogens is 240 g/mol. The van der Waals surface area contributed by atoms with Gasteiger partial charge in [0.05, 0.1) is 12.2 Å². The second kappa shape index (κ2) is 5.01. The van der Waals surface area contributed by atoms with E-state index in [0.29, 0.717) is 6.54 Å². The van der Waals surface area contributed by atoms with Crippen LogP contribution in [0.2, 0.25) is 0 Å². The highest BCUT2D eigenvalue weighted by Crippen LogP contribution is 2.20. The molecule has 0 amide bonds. The molecule has 0 fully saturated rings. The maximum absolute atomic E-state index is 5.56. The van der Waals surface area contributed by atoms with Crippen LogP contribution in [0.5, 0.6) is 0 Å². The quantitative estimate of drug-likeness (QED) is 0.881. The van der Waals surface area contributed by atoms with E-state index in [9.17, 15) is 0 Å². The van der Waals surface area contributed by atoms with Crippen LogP contribution >= 0.6 is 0 Å². The summed E-state index contributed by atoms with van der Waals surface area (Å²) in [7, 11) is 0. The van der Waals surface area contributed by atoms with Crippen molar-refractivity contribution in [1.82, 2.24) is 15.3 Å². The Bertz CT molecular complexity index is 591. The Hall–Kier alpha value is -1.88. The molecule has 2 aromatic heterocycles. The number of aryl methyl sites for hydroxylation is 2. The Morgan fingerprint density at radius 2 is 2.21 bits per heavy atom.